The number of anilines is 2. The topological polar surface area (TPSA) is 81.2 Å². The Bertz CT molecular complexity index is 590. The number of hydrogen-bond donors (Lipinski definition) is 2. The van der Waals surface area contributed by atoms with Crippen molar-refractivity contribution in [1.82, 2.24) is 4.98 Å². The first-order chi connectivity index (χ1) is 8.86. The maximum absolute atomic E-state index is 12.3. The number of nitrogens with one attached hydrogen (secondary N) is 1. The fraction of sp³-hybridized carbons (Fsp3) is 0.0909. The Morgan fingerprint density at radius 3 is 2.47 bits per heavy atom. The standard InChI is InChI=1S/C11H8F3N3O2/c12-11(13,14)6-1-4-9(16-5-6)17-10(18)7-2-3-8(15)19-7/h1-5H,15H2,(H,16,17,18). The van der Waals surface area contributed by atoms with Gasteiger partial charge in [0.2, 0.25) is 0 Å². The number of carbonyl (C=O) groups excluding carboxylic acids is 1. The number of aromatic nitrogens is 1. The Morgan fingerprint density at radius 1 is 1.26 bits per heavy atom. The van der Waals surface area contributed by atoms with E-state index in [1.807, 2.05) is 0 Å². The summed E-state index contributed by atoms with van der Waals surface area (Å²) < 4.78 is 41.7. The molecule has 0 aliphatic heterocycles. The van der Waals surface area contributed by atoms with Gasteiger partial charge in [-0.2, -0.15) is 13.2 Å². The minimum absolute atomic E-state index is 0.0204. The highest BCUT2D eigenvalue weighted by atomic mass is 19.4. The third-order valence-electron chi connectivity index (χ3n) is 2.18. The number of hydrogen-bond acceptors (Lipinski definition) is 4. The number of halogens is 3. The van der Waals surface area contributed by atoms with Crippen LogP contribution in [0.1, 0.15) is 16.1 Å². The lowest BCUT2D eigenvalue weighted by Crippen LogP contribution is -2.13. The number of rotatable bonds is 2. The van der Waals surface area contributed by atoms with Crippen LogP contribution in [0.2, 0.25) is 0 Å². The molecule has 2 aromatic rings. The second kappa shape index (κ2) is 4.63. The van der Waals surface area contributed by atoms with E-state index in [-0.39, 0.29) is 17.5 Å². The molecule has 0 aliphatic carbocycles. The molecule has 2 aromatic heterocycles. The van der Waals surface area contributed by atoms with Gasteiger partial charge in [0.25, 0.3) is 5.91 Å². The molecule has 2 rings (SSSR count). The third kappa shape index (κ3) is 3.03. The van der Waals surface area contributed by atoms with Crippen LogP contribution in [0, 0.1) is 0 Å². The molecule has 2 heterocycles. The van der Waals surface area contributed by atoms with Crippen molar-refractivity contribution in [2.75, 3.05) is 11.1 Å². The fourth-order valence-corrected chi connectivity index (χ4v) is 1.29. The SMILES string of the molecule is Nc1ccc(C(=O)Nc2ccc(C(F)(F)F)cn2)o1. The molecule has 100 valence electrons. The van der Waals surface area contributed by atoms with Crippen LogP contribution in [0.5, 0.6) is 0 Å². The van der Waals surface area contributed by atoms with Gasteiger partial charge in [-0.25, -0.2) is 4.98 Å². The van der Waals surface area contributed by atoms with Crippen molar-refractivity contribution in [2.24, 2.45) is 0 Å². The van der Waals surface area contributed by atoms with Crippen molar-refractivity contribution in [3.05, 3.63) is 41.8 Å². The highest BCUT2D eigenvalue weighted by Crippen LogP contribution is 2.28. The smallest absolute Gasteiger partial charge is 0.417 e. The predicted molar refractivity (Wildman–Crippen MR) is 60.3 cm³/mol. The number of alkyl halides is 3. The zero-order valence-corrected chi connectivity index (χ0v) is 9.36. The van der Waals surface area contributed by atoms with Crippen molar-refractivity contribution in [2.45, 2.75) is 6.18 Å². The maximum atomic E-state index is 12.3. The molecule has 0 unspecified atom stereocenters. The first kappa shape index (κ1) is 12.9. The Morgan fingerprint density at radius 2 is 2.00 bits per heavy atom. The van der Waals surface area contributed by atoms with Gasteiger partial charge in [0.05, 0.1) is 5.56 Å². The molecule has 0 saturated carbocycles. The van der Waals surface area contributed by atoms with Crippen LogP contribution >= 0.6 is 0 Å². The Labute approximate surface area is 105 Å². The first-order valence-electron chi connectivity index (χ1n) is 5.06. The lowest BCUT2D eigenvalue weighted by molar-refractivity contribution is -0.137. The first-order valence-corrected chi connectivity index (χ1v) is 5.06. The van der Waals surface area contributed by atoms with E-state index in [1.165, 1.54) is 12.1 Å². The summed E-state index contributed by atoms with van der Waals surface area (Å²) in [5.41, 5.74) is 4.39. The zero-order valence-electron chi connectivity index (χ0n) is 9.36. The molecular formula is C11H8F3N3O2. The average Bonchev–Trinajstić information content (AvgIpc) is 2.75. The molecule has 0 aliphatic rings. The molecule has 0 saturated heterocycles. The molecule has 5 nitrogen and oxygen atoms in total. The van der Waals surface area contributed by atoms with Crippen LogP contribution in [-0.2, 0) is 6.18 Å². The molecule has 0 radical (unpaired) electrons. The monoisotopic (exact) mass is 271 g/mol. The van der Waals surface area contributed by atoms with Gasteiger partial charge in [0.15, 0.2) is 11.6 Å². The van der Waals surface area contributed by atoms with E-state index >= 15 is 0 Å². The normalized spacial score (nSPS) is 11.3. The van der Waals surface area contributed by atoms with Crippen LogP contribution in [-0.4, -0.2) is 10.9 Å². The predicted octanol–water partition coefficient (Wildman–Crippen LogP) is 2.53. The van der Waals surface area contributed by atoms with Gasteiger partial charge in [-0.1, -0.05) is 0 Å². The van der Waals surface area contributed by atoms with Gasteiger partial charge in [0, 0.05) is 12.3 Å². The van der Waals surface area contributed by atoms with E-state index in [9.17, 15) is 18.0 Å². The summed E-state index contributed by atoms with van der Waals surface area (Å²) in [4.78, 5) is 15.1. The van der Waals surface area contributed by atoms with E-state index in [0.29, 0.717) is 6.20 Å². The average molecular weight is 271 g/mol. The molecule has 0 bridgehead atoms. The second-order valence-corrected chi connectivity index (χ2v) is 3.59. The molecule has 0 spiro atoms. The van der Waals surface area contributed by atoms with Gasteiger partial charge in [-0.15, -0.1) is 0 Å². The molecule has 0 atom stereocenters. The van der Waals surface area contributed by atoms with Crippen molar-refractivity contribution in [1.29, 1.82) is 0 Å². The largest absolute Gasteiger partial charge is 0.436 e. The molecule has 3 N–H and O–H groups in total. The Hall–Kier alpha value is -2.51. The maximum Gasteiger partial charge on any atom is 0.417 e. The number of pyridine rings is 1. The van der Waals surface area contributed by atoms with E-state index in [0.717, 1.165) is 12.1 Å². The number of furan rings is 1. The van der Waals surface area contributed by atoms with Gasteiger partial charge in [-0.3, -0.25) is 4.79 Å². The van der Waals surface area contributed by atoms with Crippen molar-refractivity contribution < 1.29 is 22.4 Å². The quantitative estimate of drug-likeness (QED) is 0.879. The number of carbonyl (C=O) groups is 1. The van der Waals surface area contributed by atoms with Crippen molar-refractivity contribution >= 4 is 17.6 Å². The van der Waals surface area contributed by atoms with Crippen molar-refractivity contribution in [3.8, 4) is 0 Å². The zero-order chi connectivity index (χ0) is 14.0. The molecule has 19 heavy (non-hydrogen) atoms. The summed E-state index contributed by atoms with van der Waals surface area (Å²) in [5.74, 6) is -0.665. The van der Waals surface area contributed by atoms with Gasteiger partial charge < -0.3 is 15.5 Å². The van der Waals surface area contributed by atoms with E-state index in [2.05, 4.69) is 10.3 Å². The lowest BCUT2D eigenvalue weighted by Gasteiger charge is -2.07. The van der Waals surface area contributed by atoms with Crippen LogP contribution in [0.15, 0.2) is 34.9 Å². The molecule has 0 aromatic carbocycles. The minimum Gasteiger partial charge on any atom is -0.436 e. The number of nitrogens with zero attached hydrogens (tertiary/aromatic N) is 1. The van der Waals surface area contributed by atoms with Crippen LogP contribution in [0.4, 0.5) is 24.9 Å². The van der Waals surface area contributed by atoms with E-state index in [1.54, 1.807) is 0 Å². The highest BCUT2D eigenvalue weighted by Gasteiger charge is 2.30. The summed E-state index contributed by atoms with van der Waals surface area (Å²) in [6.07, 6.45) is -3.84. The van der Waals surface area contributed by atoms with Crippen molar-refractivity contribution in [3.63, 3.8) is 0 Å². The Kier molecular flexibility index (Phi) is 3.16. The van der Waals surface area contributed by atoms with Crippen LogP contribution in [0.25, 0.3) is 0 Å². The molecular weight excluding hydrogens is 263 g/mol. The van der Waals surface area contributed by atoms with Gasteiger partial charge >= 0.3 is 6.18 Å². The van der Waals surface area contributed by atoms with Gasteiger partial charge in [-0.05, 0) is 18.2 Å². The second-order valence-electron chi connectivity index (χ2n) is 3.59. The third-order valence-corrected chi connectivity index (χ3v) is 2.18. The number of nitrogen functional groups attached to an aromatic ring is 1. The van der Waals surface area contributed by atoms with Gasteiger partial charge in [0.1, 0.15) is 5.82 Å². The molecule has 8 heteroatoms. The minimum atomic E-state index is -4.47. The number of amides is 1. The van der Waals surface area contributed by atoms with E-state index in [4.69, 9.17) is 10.2 Å². The summed E-state index contributed by atoms with van der Waals surface area (Å²) in [7, 11) is 0. The summed E-state index contributed by atoms with van der Waals surface area (Å²) in [5, 5.41) is 2.28. The summed E-state index contributed by atoms with van der Waals surface area (Å²) in [6, 6.07) is 4.59. The van der Waals surface area contributed by atoms with Crippen LogP contribution in [0.3, 0.4) is 0 Å². The lowest BCUT2D eigenvalue weighted by atomic mass is 10.3. The molecule has 1 amide bonds. The summed E-state index contributed by atoms with van der Waals surface area (Å²) >= 11 is 0. The molecule has 0 fully saturated rings. The van der Waals surface area contributed by atoms with Crippen LogP contribution < -0.4 is 11.1 Å². The number of nitrogens with two attached hydrogens (primary N) is 1. The fourth-order valence-electron chi connectivity index (χ4n) is 1.29. The Balaban J connectivity index is 2.10. The van der Waals surface area contributed by atoms with E-state index < -0.39 is 17.6 Å². The highest BCUT2D eigenvalue weighted by molar-refractivity contribution is 6.01. The summed E-state index contributed by atoms with van der Waals surface area (Å²) in [6.45, 7) is 0.